The summed E-state index contributed by atoms with van der Waals surface area (Å²) in [5.74, 6) is -0.661. The molecule has 0 radical (unpaired) electrons. The Bertz CT molecular complexity index is 1290. The normalized spacial score (nSPS) is 25.0. The predicted octanol–water partition coefficient (Wildman–Crippen LogP) is 2.96. The number of ether oxygens (including phenoxy) is 1. The van der Waals surface area contributed by atoms with Gasteiger partial charge in [-0.1, -0.05) is 6.92 Å². The maximum Gasteiger partial charge on any atom is 0.501 e. The summed E-state index contributed by atoms with van der Waals surface area (Å²) >= 11 is 0. The van der Waals surface area contributed by atoms with E-state index in [1.54, 1.807) is 12.3 Å². The molecule has 3 amide bonds. The monoisotopic (exact) mass is 510 g/mol. The van der Waals surface area contributed by atoms with Crippen LogP contribution in [0.25, 0.3) is 0 Å². The second-order valence-corrected chi connectivity index (χ2v) is 10.6. The van der Waals surface area contributed by atoms with Gasteiger partial charge in [-0.2, -0.15) is 13.2 Å². The van der Waals surface area contributed by atoms with Gasteiger partial charge in [0.1, 0.15) is 5.54 Å². The van der Waals surface area contributed by atoms with Crippen molar-refractivity contribution in [2.75, 3.05) is 41.0 Å². The van der Waals surface area contributed by atoms with Crippen LogP contribution >= 0.6 is 0 Å². The maximum atomic E-state index is 13.7. The van der Waals surface area contributed by atoms with Gasteiger partial charge in [0.25, 0.3) is 15.7 Å². The van der Waals surface area contributed by atoms with Gasteiger partial charge in [-0.15, -0.1) is 0 Å². The van der Waals surface area contributed by atoms with Crippen LogP contribution in [-0.4, -0.2) is 62.7 Å². The molecule has 1 spiro atoms. The molecule has 186 valence electrons. The van der Waals surface area contributed by atoms with Crippen LogP contribution in [0, 0.1) is 5.92 Å². The Labute approximate surface area is 199 Å². The van der Waals surface area contributed by atoms with E-state index >= 15 is 0 Å². The third kappa shape index (κ3) is 3.47. The van der Waals surface area contributed by atoms with E-state index in [-0.39, 0.29) is 11.6 Å². The van der Waals surface area contributed by atoms with Crippen LogP contribution in [0.15, 0.2) is 47.6 Å². The van der Waals surface area contributed by atoms with Gasteiger partial charge in [-0.3, -0.25) is 14.7 Å². The highest BCUT2D eigenvalue weighted by molar-refractivity contribution is 7.92. The number of amides is 3. The van der Waals surface area contributed by atoms with Crippen molar-refractivity contribution in [2.45, 2.75) is 29.3 Å². The number of nitrogens with zero attached hydrogens (tertiary/aromatic N) is 4. The standard InChI is InChI=1S/C22H21F3N4O5S/c1-14-12-21(14)19(30)28(15-2-4-16(5-3-15)35(32,33)22(23,24)25)20(31)29(21)17-6-7-26-13-18(17)27-8-10-34-11-9-27/h2-7,13-14H,8-12H2,1H3. The van der Waals surface area contributed by atoms with Crippen molar-refractivity contribution in [3.63, 3.8) is 0 Å². The summed E-state index contributed by atoms with van der Waals surface area (Å²) in [6, 6.07) is 4.56. The zero-order valence-corrected chi connectivity index (χ0v) is 19.3. The molecule has 2 aliphatic heterocycles. The topological polar surface area (TPSA) is 100 Å². The lowest BCUT2D eigenvalue weighted by Crippen LogP contribution is -2.42. The Hall–Kier alpha value is -3.19. The first-order valence-electron chi connectivity index (χ1n) is 10.9. The van der Waals surface area contributed by atoms with E-state index in [1.807, 2.05) is 11.8 Å². The first kappa shape index (κ1) is 23.5. The third-order valence-electron chi connectivity index (χ3n) is 6.71. The minimum absolute atomic E-state index is 0.0101. The summed E-state index contributed by atoms with van der Waals surface area (Å²) in [6.07, 6.45) is 3.56. The molecule has 1 aliphatic carbocycles. The van der Waals surface area contributed by atoms with Gasteiger partial charge in [-0.25, -0.2) is 18.1 Å². The molecule has 3 aliphatic rings. The fourth-order valence-electron chi connectivity index (χ4n) is 4.73. The fraction of sp³-hybridized carbons (Fsp3) is 0.409. The average Bonchev–Trinajstić information content (AvgIpc) is 3.45. The zero-order chi connectivity index (χ0) is 25.2. The number of hydrogen-bond acceptors (Lipinski definition) is 7. The van der Waals surface area contributed by atoms with E-state index in [0.717, 1.165) is 29.2 Å². The summed E-state index contributed by atoms with van der Waals surface area (Å²) in [5.41, 5.74) is -5.43. The summed E-state index contributed by atoms with van der Waals surface area (Å²) in [5, 5.41) is 0. The van der Waals surface area contributed by atoms with E-state index in [4.69, 9.17) is 4.74 Å². The Morgan fingerprint density at radius 2 is 1.69 bits per heavy atom. The molecular formula is C22H21F3N4O5S. The van der Waals surface area contributed by atoms with Crippen molar-refractivity contribution in [1.29, 1.82) is 0 Å². The molecule has 3 fully saturated rings. The van der Waals surface area contributed by atoms with E-state index in [9.17, 15) is 31.2 Å². The van der Waals surface area contributed by atoms with E-state index in [2.05, 4.69) is 4.98 Å². The van der Waals surface area contributed by atoms with Crippen LogP contribution in [0.1, 0.15) is 13.3 Å². The molecule has 2 atom stereocenters. The molecule has 1 saturated carbocycles. The molecule has 2 saturated heterocycles. The minimum Gasteiger partial charge on any atom is -0.378 e. The van der Waals surface area contributed by atoms with Crippen molar-refractivity contribution >= 4 is 38.8 Å². The largest absolute Gasteiger partial charge is 0.501 e. The Balaban J connectivity index is 1.54. The van der Waals surface area contributed by atoms with Gasteiger partial charge in [0.15, 0.2) is 0 Å². The number of urea groups is 1. The highest BCUT2D eigenvalue weighted by atomic mass is 32.2. The van der Waals surface area contributed by atoms with E-state index < -0.39 is 37.7 Å². The number of benzene rings is 1. The van der Waals surface area contributed by atoms with E-state index in [1.165, 1.54) is 11.1 Å². The highest BCUT2D eigenvalue weighted by Gasteiger charge is 2.71. The number of aromatic nitrogens is 1. The number of carbonyl (C=O) groups excluding carboxylic acids is 2. The van der Waals surface area contributed by atoms with Crippen LogP contribution in [0.5, 0.6) is 0 Å². The molecule has 35 heavy (non-hydrogen) atoms. The summed E-state index contributed by atoms with van der Waals surface area (Å²) in [4.78, 5) is 34.8. The van der Waals surface area contributed by atoms with Gasteiger partial charge in [0.05, 0.1) is 41.4 Å². The lowest BCUT2D eigenvalue weighted by Gasteiger charge is -2.33. The molecule has 2 aromatic rings. The highest BCUT2D eigenvalue weighted by Crippen LogP contribution is 2.56. The van der Waals surface area contributed by atoms with Crippen molar-refractivity contribution < 1.29 is 35.9 Å². The SMILES string of the molecule is CC1CC12C(=O)N(c1ccc(S(=O)(=O)C(F)(F)F)cc1)C(=O)N2c1ccncc1N1CCOCC1. The molecule has 1 aromatic heterocycles. The second kappa shape index (κ2) is 7.92. The van der Waals surface area contributed by atoms with Crippen LogP contribution in [0.3, 0.4) is 0 Å². The number of hydrogen-bond donors (Lipinski definition) is 0. The van der Waals surface area contributed by atoms with Crippen molar-refractivity contribution in [3.8, 4) is 0 Å². The fourth-order valence-corrected chi connectivity index (χ4v) is 5.50. The van der Waals surface area contributed by atoms with Gasteiger partial charge < -0.3 is 9.64 Å². The number of sulfone groups is 1. The molecule has 3 heterocycles. The average molecular weight is 510 g/mol. The number of rotatable bonds is 4. The van der Waals surface area contributed by atoms with Crippen LogP contribution in [0.2, 0.25) is 0 Å². The number of imide groups is 1. The first-order valence-corrected chi connectivity index (χ1v) is 12.4. The van der Waals surface area contributed by atoms with Crippen molar-refractivity contribution in [1.82, 2.24) is 4.98 Å². The number of morpholine rings is 1. The Morgan fingerprint density at radius 3 is 2.26 bits per heavy atom. The van der Waals surface area contributed by atoms with Crippen LogP contribution < -0.4 is 14.7 Å². The number of alkyl halides is 3. The molecule has 5 rings (SSSR count). The number of anilines is 3. The molecular weight excluding hydrogens is 489 g/mol. The van der Waals surface area contributed by atoms with Gasteiger partial charge in [-0.05, 0) is 42.7 Å². The Kier molecular flexibility index (Phi) is 5.33. The smallest absolute Gasteiger partial charge is 0.378 e. The predicted molar refractivity (Wildman–Crippen MR) is 119 cm³/mol. The summed E-state index contributed by atoms with van der Waals surface area (Å²) in [7, 11) is -5.56. The first-order chi connectivity index (χ1) is 16.5. The number of halogens is 3. The number of carbonyl (C=O) groups is 2. The van der Waals surface area contributed by atoms with Gasteiger partial charge in [0, 0.05) is 19.3 Å². The lowest BCUT2D eigenvalue weighted by molar-refractivity contribution is -0.119. The maximum absolute atomic E-state index is 13.7. The summed E-state index contributed by atoms with van der Waals surface area (Å²) in [6.45, 7) is 4.01. The van der Waals surface area contributed by atoms with Crippen LogP contribution in [0.4, 0.5) is 35.0 Å². The van der Waals surface area contributed by atoms with Crippen molar-refractivity contribution in [3.05, 3.63) is 42.7 Å². The zero-order valence-electron chi connectivity index (χ0n) is 18.5. The molecule has 9 nitrogen and oxygen atoms in total. The molecule has 13 heteroatoms. The van der Waals surface area contributed by atoms with Crippen molar-refractivity contribution in [2.24, 2.45) is 5.92 Å². The van der Waals surface area contributed by atoms with Gasteiger partial charge >= 0.3 is 11.5 Å². The second-order valence-electron chi connectivity index (χ2n) is 8.69. The minimum atomic E-state index is -5.56. The molecule has 1 aromatic carbocycles. The van der Waals surface area contributed by atoms with Gasteiger partial charge in [0.2, 0.25) is 0 Å². The quantitative estimate of drug-likeness (QED) is 0.583. The summed E-state index contributed by atoms with van der Waals surface area (Å²) < 4.78 is 67.5. The Morgan fingerprint density at radius 1 is 1.06 bits per heavy atom. The lowest BCUT2D eigenvalue weighted by atomic mass is 10.1. The molecule has 0 bridgehead atoms. The van der Waals surface area contributed by atoms with Crippen LogP contribution in [-0.2, 0) is 19.4 Å². The molecule has 2 unspecified atom stereocenters. The third-order valence-corrected chi connectivity index (χ3v) is 8.21. The number of pyridine rings is 1. The van der Waals surface area contributed by atoms with E-state index in [0.29, 0.717) is 44.1 Å². The molecule has 0 N–H and O–H groups in total.